The first-order valence-electron chi connectivity index (χ1n) is 7.19. The predicted molar refractivity (Wildman–Crippen MR) is 78.9 cm³/mol. The molecule has 1 saturated heterocycles. The summed E-state index contributed by atoms with van der Waals surface area (Å²) < 4.78 is 5.36. The van der Waals surface area contributed by atoms with E-state index in [1.54, 1.807) is 0 Å². The molecule has 5 heteroatoms. The minimum absolute atomic E-state index is 0.129. The molecule has 0 aromatic carbocycles. The van der Waals surface area contributed by atoms with Gasteiger partial charge in [0.1, 0.15) is 0 Å². The van der Waals surface area contributed by atoms with Gasteiger partial charge in [-0.25, -0.2) is 0 Å². The Morgan fingerprint density at radius 2 is 1.95 bits per heavy atom. The molecule has 2 fully saturated rings. The predicted octanol–water partition coefficient (Wildman–Crippen LogP) is 1.72. The molecule has 1 saturated carbocycles. The van der Waals surface area contributed by atoms with Crippen molar-refractivity contribution in [1.82, 2.24) is 4.90 Å². The number of thiocarbonyl (C=S) groups is 1. The highest BCUT2D eigenvalue weighted by Gasteiger charge is 2.45. The van der Waals surface area contributed by atoms with Gasteiger partial charge in [-0.15, -0.1) is 0 Å². The van der Waals surface area contributed by atoms with E-state index in [4.69, 9.17) is 22.7 Å². The average Bonchev–Trinajstić information content (AvgIpc) is 2.89. The normalized spacial score (nSPS) is 23.2. The van der Waals surface area contributed by atoms with Crippen LogP contribution in [0.25, 0.3) is 0 Å². The van der Waals surface area contributed by atoms with Gasteiger partial charge in [0.05, 0.1) is 10.4 Å². The van der Waals surface area contributed by atoms with Crippen molar-refractivity contribution in [3.63, 3.8) is 0 Å². The van der Waals surface area contributed by atoms with Crippen LogP contribution in [0.5, 0.6) is 0 Å². The molecule has 19 heavy (non-hydrogen) atoms. The zero-order valence-corrected chi connectivity index (χ0v) is 12.5. The Morgan fingerprint density at radius 1 is 1.37 bits per heavy atom. The molecule has 0 spiro atoms. The number of rotatable bonds is 4. The first kappa shape index (κ1) is 14.7. The van der Waals surface area contributed by atoms with Gasteiger partial charge in [0.2, 0.25) is 5.91 Å². The van der Waals surface area contributed by atoms with E-state index in [1.807, 2.05) is 11.9 Å². The van der Waals surface area contributed by atoms with Gasteiger partial charge in [-0.1, -0.05) is 25.1 Å². The molecule has 2 N–H and O–H groups in total. The molecule has 0 aromatic rings. The maximum absolute atomic E-state index is 12.7. The van der Waals surface area contributed by atoms with Gasteiger partial charge in [0, 0.05) is 26.8 Å². The summed E-state index contributed by atoms with van der Waals surface area (Å²) in [6.45, 7) is 2.42. The summed E-state index contributed by atoms with van der Waals surface area (Å²) in [6, 6.07) is 0. The number of ether oxygens (including phenoxy) is 1. The highest BCUT2D eigenvalue weighted by atomic mass is 32.1. The molecule has 108 valence electrons. The molecular formula is C14H24N2O2S. The summed E-state index contributed by atoms with van der Waals surface area (Å²) in [5.41, 5.74) is 5.31. The van der Waals surface area contributed by atoms with Crippen LogP contribution >= 0.6 is 12.2 Å². The number of nitrogens with two attached hydrogens (primary N) is 1. The van der Waals surface area contributed by atoms with Crippen molar-refractivity contribution in [1.29, 1.82) is 0 Å². The second-order valence-electron chi connectivity index (χ2n) is 5.89. The summed E-state index contributed by atoms with van der Waals surface area (Å²) in [7, 11) is 1.89. The van der Waals surface area contributed by atoms with E-state index in [0.29, 0.717) is 10.9 Å². The Kier molecular flexibility index (Phi) is 4.79. The van der Waals surface area contributed by atoms with Crippen molar-refractivity contribution >= 4 is 23.1 Å². The number of carbonyl (C=O) groups excluding carboxylic acids is 1. The molecule has 0 bridgehead atoms. The minimum atomic E-state index is -0.560. The quantitative estimate of drug-likeness (QED) is 0.799. The molecule has 1 aliphatic heterocycles. The van der Waals surface area contributed by atoms with Crippen LogP contribution in [0.4, 0.5) is 0 Å². The molecule has 0 aromatic heterocycles. The van der Waals surface area contributed by atoms with Gasteiger partial charge in [-0.3, -0.25) is 4.79 Å². The van der Waals surface area contributed by atoms with Crippen LogP contribution in [0.3, 0.4) is 0 Å². The highest BCUT2D eigenvalue weighted by Crippen LogP contribution is 2.40. The second-order valence-corrected chi connectivity index (χ2v) is 6.33. The fraction of sp³-hybridized carbons (Fsp3) is 0.857. The van der Waals surface area contributed by atoms with Gasteiger partial charge in [-0.2, -0.15) is 0 Å². The molecule has 0 radical (unpaired) electrons. The van der Waals surface area contributed by atoms with Crippen molar-refractivity contribution in [2.24, 2.45) is 17.1 Å². The largest absolute Gasteiger partial charge is 0.392 e. The molecule has 1 aliphatic carbocycles. The van der Waals surface area contributed by atoms with E-state index in [9.17, 15) is 4.79 Å². The Morgan fingerprint density at radius 3 is 2.47 bits per heavy atom. The van der Waals surface area contributed by atoms with Crippen molar-refractivity contribution in [2.45, 2.75) is 38.5 Å². The number of nitrogens with zero attached hydrogens (tertiary/aromatic N) is 1. The lowest BCUT2D eigenvalue weighted by molar-refractivity contribution is -0.137. The lowest BCUT2D eigenvalue weighted by Crippen LogP contribution is -2.49. The van der Waals surface area contributed by atoms with Crippen molar-refractivity contribution in [2.75, 3.05) is 26.8 Å². The summed E-state index contributed by atoms with van der Waals surface area (Å²) >= 11 is 5.18. The van der Waals surface area contributed by atoms with Crippen LogP contribution in [-0.2, 0) is 9.53 Å². The van der Waals surface area contributed by atoms with E-state index < -0.39 is 5.41 Å². The number of hydrogen-bond donors (Lipinski definition) is 1. The standard InChI is InChI=1S/C14H24N2O2S/c1-16(10-11-4-8-18-9-5-11)13(17)14(12(15)19)6-2-3-7-14/h11H,2-10H2,1H3,(H2,15,19). The SMILES string of the molecule is CN(CC1CCOCC1)C(=O)C1(C(N)=S)CCCC1. The first-order chi connectivity index (χ1) is 9.06. The number of carbonyl (C=O) groups is 1. The maximum atomic E-state index is 12.7. The van der Waals surface area contributed by atoms with Crippen LogP contribution in [-0.4, -0.2) is 42.6 Å². The van der Waals surface area contributed by atoms with Crippen LogP contribution in [0, 0.1) is 11.3 Å². The Hall–Kier alpha value is -0.680. The third-order valence-corrected chi connectivity index (χ3v) is 4.95. The lowest BCUT2D eigenvalue weighted by atomic mass is 9.84. The van der Waals surface area contributed by atoms with Gasteiger partial charge in [-0.05, 0) is 31.6 Å². The van der Waals surface area contributed by atoms with E-state index in [2.05, 4.69) is 0 Å². The number of hydrogen-bond acceptors (Lipinski definition) is 3. The van der Waals surface area contributed by atoms with Crippen molar-refractivity contribution in [3.8, 4) is 0 Å². The molecule has 1 heterocycles. The van der Waals surface area contributed by atoms with E-state index in [-0.39, 0.29) is 5.91 Å². The monoisotopic (exact) mass is 284 g/mol. The minimum Gasteiger partial charge on any atom is -0.392 e. The van der Waals surface area contributed by atoms with Crippen molar-refractivity contribution in [3.05, 3.63) is 0 Å². The van der Waals surface area contributed by atoms with Gasteiger partial charge >= 0.3 is 0 Å². The maximum Gasteiger partial charge on any atom is 0.235 e. The van der Waals surface area contributed by atoms with Crippen LogP contribution in [0.1, 0.15) is 38.5 Å². The first-order valence-corrected chi connectivity index (χ1v) is 7.60. The number of amides is 1. The molecule has 2 rings (SSSR count). The average molecular weight is 284 g/mol. The Balaban J connectivity index is 1.98. The van der Waals surface area contributed by atoms with Gasteiger partial charge in [0.15, 0.2) is 0 Å². The topological polar surface area (TPSA) is 55.6 Å². The fourth-order valence-electron chi connectivity index (χ4n) is 3.31. The third-order valence-electron chi connectivity index (χ3n) is 4.56. The Bertz CT molecular complexity index is 347. The molecule has 0 unspecified atom stereocenters. The molecule has 4 nitrogen and oxygen atoms in total. The Labute approximate surface area is 120 Å². The summed E-state index contributed by atoms with van der Waals surface area (Å²) in [4.78, 5) is 14.9. The molecular weight excluding hydrogens is 260 g/mol. The van der Waals surface area contributed by atoms with Crippen LogP contribution < -0.4 is 5.73 Å². The summed E-state index contributed by atoms with van der Waals surface area (Å²) in [5.74, 6) is 0.677. The van der Waals surface area contributed by atoms with Gasteiger partial charge in [0.25, 0.3) is 0 Å². The molecule has 0 atom stereocenters. The van der Waals surface area contributed by atoms with E-state index in [0.717, 1.165) is 58.3 Å². The van der Waals surface area contributed by atoms with Crippen LogP contribution in [0.15, 0.2) is 0 Å². The van der Waals surface area contributed by atoms with Crippen LogP contribution in [0.2, 0.25) is 0 Å². The second kappa shape index (κ2) is 6.18. The molecule has 2 aliphatic rings. The summed E-state index contributed by atoms with van der Waals surface area (Å²) in [5, 5.41) is 0. The smallest absolute Gasteiger partial charge is 0.235 e. The zero-order valence-electron chi connectivity index (χ0n) is 11.7. The van der Waals surface area contributed by atoms with E-state index >= 15 is 0 Å². The zero-order chi connectivity index (χ0) is 13.9. The van der Waals surface area contributed by atoms with Gasteiger partial charge < -0.3 is 15.4 Å². The van der Waals surface area contributed by atoms with Crippen molar-refractivity contribution < 1.29 is 9.53 Å². The lowest BCUT2D eigenvalue weighted by Gasteiger charge is -2.34. The fourth-order valence-corrected chi connectivity index (χ4v) is 3.60. The third kappa shape index (κ3) is 3.08. The summed E-state index contributed by atoms with van der Waals surface area (Å²) in [6.07, 6.45) is 5.82. The highest BCUT2D eigenvalue weighted by molar-refractivity contribution is 7.80. The molecule has 1 amide bonds. The van der Waals surface area contributed by atoms with E-state index in [1.165, 1.54) is 0 Å².